The lowest BCUT2D eigenvalue weighted by atomic mass is 10.2. The fourth-order valence-corrected chi connectivity index (χ4v) is 1.47. The maximum absolute atomic E-state index is 2.56. The Hall–Kier alpha value is -0.0400. The van der Waals surface area contributed by atoms with Gasteiger partial charge in [0.15, 0.2) is 0 Å². The Morgan fingerprint density at radius 3 is 2.70 bits per heavy atom. The van der Waals surface area contributed by atoms with Crippen molar-refractivity contribution in [3.63, 3.8) is 0 Å². The van der Waals surface area contributed by atoms with E-state index < -0.39 is 0 Å². The second kappa shape index (κ2) is 3.97. The third kappa shape index (κ3) is 2.30. The number of hydrogen-bond acceptors (Lipinski definition) is 1. The zero-order chi connectivity index (χ0) is 7.40. The SMILES string of the molecule is CC(C)N1CC[CH]CCC1. The van der Waals surface area contributed by atoms with E-state index in [-0.39, 0.29) is 0 Å². The van der Waals surface area contributed by atoms with Gasteiger partial charge in [0.05, 0.1) is 0 Å². The number of nitrogens with zero attached hydrogens (tertiary/aromatic N) is 1. The molecule has 1 fully saturated rings. The Morgan fingerprint density at radius 1 is 1.20 bits per heavy atom. The molecule has 0 bridgehead atoms. The summed E-state index contributed by atoms with van der Waals surface area (Å²) in [4.78, 5) is 2.56. The maximum Gasteiger partial charge on any atom is 0.00385 e. The zero-order valence-corrected chi connectivity index (χ0v) is 7.14. The molecule has 1 nitrogen and oxygen atoms in total. The lowest BCUT2D eigenvalue weighted by Gasteiger charge is -2.23. The van der Waals surface area contributed by atoms with Gasteiger partial charge in [-0.25, -0.2) is 0 Å². The van der Waals surface area contributed by atoms with Crippen LogP contribution in [0, 0.1) is 6.42 Å². The molecule has 10 heavy (non-hydrogen) atoms. The van der Waals surface area contributed by atoms with Crippen LogP contribution in [0.4, 0.5) is 0 Å². The van der Waals surface area contributed by atoms with Crippen molar-refractivity contribution >= 4 is 0 Å². The molecule has 0 saturated carbocycles. The van der Waals surface area contributed by atoms with Crippen molar-refractivity contribution in [3.05, 3.63) is 6.42 Å². The maximum atomic E-state index is 2.56. The van der Waals surface area contributed by atoms with E-state index in [0.29, 0.717) is 0 Å². The Bertz CT molecular complexity index is 80.7. The third-order valence-corrected chi connectivity index (χ3v) is 2.20. The van der Waals surface area contributed by atoms with Gasteiger partial charge in [-0.15, -0.1) is 0 Å². The van der Waals surface area contributed by atoms with Crippen molar-refractivity contribution in [2.75, 3.05) is 13.1 Å². The van der Waals surface area contributed by atoms with E-state index in [1.807, 2.05) is 0 Å². The molecule has 1 heteroatoms. The molecule has 0 aromatic heterocycles. The summed E-state index contributed by atoms with van der Waals surface area (Å²) in [6.07, 6.45) is 6.39. The van der Waals surface area contributed by atoms with E-state index in [9.17, 15) is 0 Å². The predicted molar refractivity (Wildman–Crippen MR) is 44.9 cm³/mol. The van der Waals surface area contributed by atoms with Crippen molar-refractivity contribution in [2.45, 2.75) is 39.2 Å². The summed E-state index contributed by atoms with van der Waals surface area (Å²) in [5.74, 6) is 0. The van der Waals surface area contributed by atoms with Gasteiger partial charge in [-0.1, -0.05) is 0 Å². The average molecular weight is 140 g/mol. The minimum Gasteiger partial charge on any atom is -0.301 e. The van der Waals surface area contributed by atoms with Gasteiger partial charge in [0.25, 0.3) is 0 Å². The Morgan fingerprint density at radius 2 is 2.00 bits per heavy atom. The molecule has 1 heterocycles. The third-order valence-electron chi connectivity index (χ3n) is 2.20. The van der Waals surface area contributed by atoms with Crippen LogP contribution >= 0.6 is 0 Å². The predicted octanol–water partition coefficient (Wildman–Crippen LogP) is 2.08. The first-order valence-corrected chi connectivity index (χ1v) is 4.36. The lowest BCUT2D eigenvalue weighted by Crippen LogP contribution is -2.31. The molecular formula is C9H18N. The van der Waals surface area contributed by atoms with Crippen molar-refractivity contribution in [3.8, 4) is 0 Å². The van der Waals surface area contributed by atoms with Gasteiger partial charge in [-0.2, -0.15) is 0 Å². The highest BCUT2D eigenvalue weighted by molar-refractivity contribution is 4.75. The summed E-state index contributed by atoms with van der Waals surface area (Å²) in [6, 6.07) is 0.742. The van der Waals surface area contributed by atoms with Gasteiger partial charge in [-0.05, 0) is 52.6 Å². The lowest BCUT2D eigenvalue weighted by molar-refractivity contribution is 0.232. The summed E-state index contributed by atoms with van der Waals surface area (Å²) in [5.41, 5.74) is 0. The minimum atomic E-state index is 0.742. The molecular weight excluding hydrogens is 122 g/mol. The number of likely N-dealkylation sites (tertiary alicyclic amines) is 1. The van der Waals surface area contributed by atoms with E-state index in [1.54, 1.807) is 0 Å². The van der Waals surface area contributed by atoms with Crippen LogP contribution in [0.1, 0.15) is 33.1 Å². The van der Waals surface area contributed by atoms with Gasteiger partial charge < -0.3 is 4.90 Å². The highest BCUT2D eigenvalue weighted by Crippen LogP contribution is 2.10. The fourth-order valence-electron chi connectivity index (χ4n) is 1.47. The van der Waals surface area contributed by atoms with Gasteiger partial charge in [0, 0.05) is 6.04 Å². The first kappa shape index (κ1) is 8.06. The molecule has 0 atom stereocenters. The van der Waals surface area contributed by atoms with E-state index >= 15 is 0 Å². The molecule has 0 spiro atoms. The van der Waals surface area contributed by atoms with Crippen molar-refractivity contribution in [2.24, 2.45) is 0 Å². The van der Waals surface area contributed by atoms with E-state index in [2.05, 4.69) is 25.2 Å². The van der Waals surface area contributed by atoms with Crippen molar-refractivity contribution < 1.29 is 0 Å². The summed E-state index contributed by atoms with van der Waals surface area (Å²) >= 11 is 0. The summed E-state index contributed by atoms with van der Waals surface area (Å²) in [5, 5.41) is 0. The topological polar surface area (TPSA) is 3.24 Å². The molecule has 1 saturated heterocycles. The second-order valence-corrected chi connectivity index (χ2v) is 3.35. The molecule has 1 aliphatic rings. The second-order valence-electron chi connectivity index (χ2n) is 3.35. The largest absolute Gasteiger partial charge is 0.301 e. The normalized spacial score (nSPS) is 23.1. The van der Waals surface area contributed by atoms with E-state index in [0.717, 1.165) is 6.04 Å². The standard InChI is InChI=1S/C9H18N/c1-9(2)10-7-5-3-4-6-8-10/h3,9H,4-8H2,1-2H3. The molecule has 1 rings (SSSR count). The molecule has 1 aliphatic heterocycles. The smallest absolute Gasteiger partial charge is 0.00385 e. The minimum absolute atomic E-state index is 0.742. The van der Waals surface area contributed by atoms with Crippen molar-refractivity contribution in [1.29, 1.82) is 0 Å². The van der Waals surface area contributed by atoms with Gasteiger partial charge in [0.2, 0.25) is 0 Å². The zero-order valence-electron chi connectivity index (χ0n) is 7.14. The van der Waals surface area contributed by atoms with Gasteiger partial charge in [-0.3, -0.25) is 0 Å². The van der Waals surface area contributed by atoms with Crippen LogP contribution in [0.15, 0.2) is 0 Å². The molecule has 0 unspecified atom stereocenters. The molecule has 59 valence electrons. The fraction of sp³-hybridized carbons (Fsp3) is 0.889. The van der Waals surface area contributed by atoms with E-state index in [1.165, 1.54) is 32.4 Å². The highest BCUT2D eigenvalue weighted by atomic mass is 15.1. The molecule has 0 amide bonds. The monoisotopic (exact) mass is 140 g/mol. The first-order valence-electron chi connectivity index (χ1n) is 4.36. The summed E-state index contributed by atoms with van der Waals surface area (Å²) in [7, 11) is 0. The van der Waals surface area contributed by atoms with Gasteiger partial charge in [0.1, 0.15) is 0 Å². The molecule has 1 radical (unpaired) electrons. The van der Waals surface area contributed by atoms with Crippen molar-refractivity contribution in [1.82, 2.24) is 4.90 Å². The highest BCUT2D eigenvalue weighted by Gasteiger charge is 2.10. The van der Waals surface area contributed by atoms with Crippen LogP contribution in [0.3, 0.4) is 0 Å². The number of hydrogen-bond donors (Lipinski definition) is 0. The van der Waals surface area contributed by atoms with Crippen LogP contribution in [0.25, 0.3) is 0 Å². The van der Waals surface area contributed by atoms with Crippen LogP contribution in [0.2, 0.25) is 0 Å². The molecule has 0 aromatic carbocycles. The molecule has 0 N–H and O–H groups in total. The Balaban J connectivity index is 2.28. The Labute approximate surface area is 64.4 Å². The van der Waals surface area contributed by atoms with Gasteiger partial charge >= 0.3 is 0 Å². The summed E-state index contributed by atoms with van der Waals surface area (Å²) < 4.78 is 0. The molecule has 0 aromatic rings. The quantitative estimate of drug-likeness (QED) is 0.539. The van der Waals surface area contributed by atoms with Crippen LogP contribution in [-0.2, 0) is 0 Å². The van der Waals surface area contributed by atoms with Crippen LogP contribution in [-0.4, -0.2) is 24.0 Å². The van der Waals surface area contributed by atoms with Crippen LogP contribution in [0.5, 0.6) is 0 Å². The summed E-state index contributed by atoms with van der Waals surface area (Å²) in [6.45, 7) is 7.14. The van der Waals surface area contributed by atoms with Crippen LogP contribution < -0.4 is 0 Å². The average Bonchev–Trinajstić information content (AvgIpc) is 2.12. The Kier molecular flexibility index (Phi) is 3.20. The molecule has 0 aliphatic carbocycles. The first-order chi connectivity index (χ1) is 4.80. The van der Waals surface area contributed by atoms with E-state index in [4.69, 9.17) is 0 Å². The number of rotatable bonds is 1.